The molecule has 116 valence electrons. The van der Waals surface area contributed by atoms with Crippen LogP contribution in [-0.4, -0.2) is 34.3 Å². The monoisotopic (exact) mass is 291 g/mol. The van der Waals surface area contributed by atoms with E-state index in [0.29, 0.717) is 11.8 Å². The van der Waals surface area contributed by atoms with Crippen molar-refractivity contribution in [2.75, 3.05) is 18.0 Å². The SMILES string of the molecule is CCc1nnc(N2CC(C)C(C)C2)c(C(N)=NO)c1CC. The van der Waals surface area contributed by atoms with Gasteiger partial charge in [-0.25, -0.2) is 0 Å². The quantitative estimate of drug-likeness (QED) is 0.382. The standard InChI is InChI=1S/C15H25N5O/c1-5-11-12(6-2)17-18-15(13(11)14(16)19-21)20-7-9(3)10(4)8-20/h9-10,21H,5-8H2,1-4H3,(H2,16,19). The Morgan fingerprint density at radius 1 is 1.24 bits per heavy atom. The Bertz CT molecular complexity index is 533. The lowest BCUT2D eigenvalue weighted by Crippen LogP contribution is -2.28. The molecule has 0 radical (unpaired) electrons. The number of rotatable bonds is 4. The van der Waals surface area contributed by atoms with Crippen LogP contribution < -0.4 is 10.6 Å². The van der Waals surface area contributed by atoms with Crippen molar-refractivity contribution >= 4 is 11.7 Å². The number of hydrogen-bond donors (Lipinski definition) is 2. The van der Waals surface area contributed by atoms with E-state index in [1.807, 2.05) is 6.92 Å². The van der Waals surface area contributed by atoms with Crippen molar-refractivity contribution < 1.29 is 5.21 Å². The van der Waals surface area contributed by atoms with Crippen molar-refractivity contribution in [2.24, 2.45) is 22.7 Å². The minimum absolute atomic E-state index is 0.124. The third-order valence-corrected chi connectivity index (χ3v) is 4.48. The molecule has 3 N–H and O–H groups in total. The Morgan fingerprint density at radius 3 is 2.33 bits per heavy atom. The zero-order valence-electron chi connectivity index (χ0n) is 13.3. The molecule has 1 saturated heterocycles. The van der Waals surface area contributed by atoms with E-state index < -0.39 is 0 Å². The third kappa shape index (κ3) is 2.80. The van der Waals surface area contributed by atoms with Crippen LogP contribution in [0, 0.1) is 11.8 Å². The van der Waals surface area contributed by atoms with Crippen molar-refractivity contribution in [1.82, 2.24) is 10.2 Å². The molecule has 0 aromatic carbocycles. The summed E-state index contributed by atoms with van der Waals surface area (Å²) in [6, 6.07) is 0. The number of amidine groups is 1. The van der Waals surface area contributed by atoms with Crippen LogP contribution in [-0.2, 0) is 12.8 Å². The van der Waals surface area contributed by atoms with Crippen LogP contribution >= 0.6 is 0 Å². The van der Waals surface area contributed by atoms with E-state index in [1.54, 1.807) is 0 Å². The van der Waals surface area contributed by atoms with E-state index in [9.17, 15) is 0 Å². The van der Waals surface area contributed by atoms with Crippen LogP contribution in [0.4, 0.5) is 5.82 Å². The smallest absolute Gasteiger partial charge is 0.174 e. The Labute approximate surface area is 126 Å². The van der Waals surface area contributed by atoms with Crippen molar-refractivity contribution in [2.45, 2.75) is 40.5 Å². The molecule has 0 amide bonds. The summed E-state index contributed by atoms with van der Waals surface area (Å²) >= 11 is 0. The Hall–Kier alpha value is -1.85. The topological polar surface area (TPSA) is 87.6 Å². The van der Waals surface area contributed by atoms with Crippen molar-refractivity contribution in [1.29, 1.82) is 0 Å². The minimum atomic E-state index is 0.124. The lowest BCUT2D eigenvalue weighted by Gasteiger charge is -2.22. The average molecular weight is 291 g/mol. The van der Waals surface area contributed by atoms with Crippen molar-refractivity contribution in [3.8, 4) is 0 Å². The van der Waals surface area contributed by atoms with Gasteiger partial charge in [-0.2, -0.15) is 5.10 Å². The molecule has 0 aliphatic carbocycles. The maximum absolute atomic E-state index is 9.14. The highest BCUT2D eigenvalue weighted by Crippen LogP contribution is 2.30. The van der Waals surface area contributed by atoms with Gasteiger partial charge in [0.2, 0.25) is 0 Å². The molecule has 6 heteroatoms. The fourth-order valence-corrected chi connectivity index (χ4v) is 3.01. The second kappa shape index (κ2) is 6.28. The van der Waals surface area contributed by atoms with E-state index in [-0.39, 0.29) is 5.84 Å². The summed E-state index contributed by atoms with van der Waals surface area (Å²) in [5.74, 6) is 2.07. The second-order valence-electron chi connectivity index (χ2n) is 5.88. The Balaban J connectivity index is 2.55. The number of nitrogens with two attached hydrogens (primary N) is 1. The van der Waals surface area contributed by atoms with E-state index >= 15 is 0 Å². The summed E-state index contributed by atoms with van der Waals surface area (Å²) in [5.41, 5.74) is 8.63. The second-order valence-corrected chi connectivity index (χ2v) is 5.88. The first-order chi connectivity index (χ1) is 10.0. The largest absolute Gasteiger partial charge is 0.409 e. The fraction of sp³-hybridized carbons (Fsp3) is 0.667. The van der Waals surface area contributed by atoms with Crippen LogP contribution in [0.15, 0.2) is 5.16 Å². The first kappa shape index (κ1) is 15.5. The highest BCUT2D eigenvalue weighted by Gasteiger charge is 2.30. The maximum Gasteiger partial charge on any atom is 0.174 e. The zero-order chi connectivity index (χ0) is 15.6. The van der Waals surface area contributed by atoms with Crippen LogP contribution in [0.25, 0.3) is 0 Å². The van der Waals surface area contributed by atoms with Gasteiger partial charge in [-0.05, 0) is 30.2 Å². The molecule has 0 spiro atoms. The van der Waals surface area contributed by atoms with E-state index in [1.165, 1.54) is 0 Å². The molecule has 2 atom stereocenters. The molecule has 21 heavy (non-hydrogen) atoms. The maximum atomic E-state index is 9.14. The summed E-state index contributed by atoms with van der Waals surface area (Å²) in [6.07, 6.45) is 1.57. The number of nitrogens with zero attached hydrogens (tertiary/aromatic N) is 4. The van der Waals surface area contributed by atoms with Crippen LogP contribution in [0.2, 0.25) is 0 Å². The van der Waals surface area contributed by atoms with Crippen molar-refractivity contribution in [3.63, 3.8) is 0 Å². The Kier molecular flexibility index (Phi) is 4.65. The van der Waals surface area contributed by atoms with E-state index in [4.69, 9.17) is 10.9 Å². The molecule has 1 aliphatic heterocycles. The molecule has 1 aliphatic rings. The van der Waals surface area contributed by atoms with Gasteiger partial charge in [0.05, 0.1) is 11.3 Å². The molecule has 2 unspecified atom stereocenters. The lowest BCUT2D eigenvalue weighted by molar-refractivity contribution is 0.318. The number of aryl methyl sites for hydroxylation is 1. The lowest BCUT2D eigenvalue weighted by atomic mass is 10.0. The van der Waals surface area contributed by atoms with Gasteiger partial charge in [-0.1, -0.05) is 32.9 Å². The highest BCUT2D eigenvalue weighted by atomic mass is 16.4. The van der Waals surface area contributed by atoms with E-state index in [0.717, 1.165) is 48.6 Å². The molecular weight excluding hydrogens is 266 g/mol. The first-order valence-corrected chi connectivity index (χ1v) is 7.64. The van der Waals surface area contributed by atoms with Gasteiger partial charge in [0.1, 0.15) is 0 Å². The van der Waals surface area contributed by atoms with Gasteiger partial charge in [0, 0.05) is 13.1 Å². The summed E-state index contributed by atoms with van der Waals surface area (Å²) in [7, 11) is 0. The molecule has 1 fully saturated rings. The molecule has 0 bridgehead atoms. The van der Waals surface area contributed by atoms with Crippen molar-refractivity contribution in [3.05, 3.63) is 16.8 Å². The molecule has 6 nitrogen and oxygen atoms in total. The summed E-state index contributed by atoms with van der Waals surface area (Å²) < 4.78 is 0. The normalized spacial score (nSPS) is 22.9. The fourth-order valence-electron chi connectivity index (χ4n) is 3.01. The molecule has 1 aromatic rings. The molecule has 1 aromatic heterocycles. The van der Waals surface area contributed by atoms with Gasteiger partial charge in [-0.3, -0.25) is 0 Å². The van der Waals surface area contributed by atoms with Crippen LogP contribution in [0.1, 0.15) is 44.5 Å². The van der Waals surface area contributed by atoms with Gasteiger partial charge in [0.15, 0.2) is 11.7 Å². The van der Waals surface area contributed by atoms with Crippen LogP contribution in [0.3, 0.4) is 0 Å². The zero-order valence-corrected chi connectivity index (χ0v) is 13.3. The third-order valence-electron chi connectivity index (χ3n) is 4.48. The summed E-state index contributed by atoms with van der Waals surface area (Å²) in [5, 5.41) is 21.1. The van der Waals surface area contributed by atoms with E-state index in [2.05, 4.69) is 41.0 Å². The van der Waals surface area contributed by atoms with Gasteiger partial charge < -0.3 is 15.8 Å². The van der Waals surface area contributed by atoms with Gasteiger partial charge in [0.25, 0.3) is 0 Å². The Morgan fingerprint density at radius 2 is 1.86 bits per heavy atom. The van der Waals surface area contributed by atoms with Gasteiger partial charge >= 0.3 is 0 Å². The summed E-state index contributed by atoms with van der Waals surface area (Å²) in [4.78, 5) is 2.20. The number of aromatic nitrogens is 2. The molecular formula is C15H25N5O. The van der Waals surface area contributed by atoms with Crippen LogP contribution in [0.5, 0.6) is 0 Å². The average Bonchev–Trinajstić information content (AvgIpc) is 2.84. The number of hydrogen-bond acceptors (Lipinski definition) is 5. The molecule has 2 rings (SSSR count). The van der Waals surface area contributed by atoms with Gasteiger partial charge in [-0.15, -0.1) is 5.10 Å². The number of oxime groups is 1. The molecule has 0 saturated carbocycles. The minimum Gasteiger partial charge on any atom is -0.409 e. The predicted octanol–water partition coefficient (Wildman–Crippen LogP) is 1.79. The number of anilines is 1. The predicted molar refractivity (Wildman–Crippen MR) is 83.8 cm³/mol. The first-order valence-electron chi connectivity index (χ1n) is 7.64. The summed E-state index contributed by atoms with van der Waals surface area (Å²) in [6.45, 7) is 10.4. The highest BCUT2D eigenvalue weighted by molar-refractivity contribution is 6.03. The molecule has 2 heterocycles.